The highest BCUT2D eigenvalue weighted by Gasteiger charge is 2.34. The number of para-hydroxylation sites is 1. The van der Waals surface area contributed by atoms with Crippen LogP contribution in [0.25, 0.3) is 5.69 Å². The van der Waals surface area contributed by atoms with E-state index in [0.717, 1.165) is 0 Å². The van der Waals surface area contributed by atoms with Crippen molar-refractivity contribution in [2.45, 2.75) is 31.2 Å². The molecule has 0 radical (unpaired) electrons. The summed E-state index contributed by atoms with van der Waals surface area (Å²) >= 11 is 0. The number of ether oxygens (including phenoxy) is 1. The Morgan fingerprint density at radius 1 is 1.06 bits per heavy atom. The fourth-order valence-corrected chi connectivity index (χ4v) is 5.16. The second-order valence-electron chi connectivity index (χ2n) is 8.89. The van der Waals surface area contributed by atoms with E-state index in [1.54, 1.807) is 47.8 Å². The van der Waals surface area contributed by atoms with Crippen LogP contribution in [0.5, 0.6) is 0 Å². The fourth-order valence-electron chi connectivity index (χ4n) is 4.05. The van der Waals surface area contributed by atoms with E-state index in [1.807, 2.05) is 19.9 Å². The van der Waals surface area contributed by atoms with Gasteiger partial charge < -0.3 is 9.64 Å². The number of nitrogens with one attached hydrogen (secondary N) is 1. The number of carbonyl (C=O) groups is 1. The van der Waals surface area contributed by atoms with Gasteiger partial charge in [0.05, 0.1) is 35.0 Å². The number of hydrogen-bond donors (Lipinski definition) is 1. The lowest BCUT2D eigenvalue weighted by molar-refractivity contribution is -0.0370. The normalized spacial score (nSPS) is 15.8. The van der Waals surface area contributed by atoms with Crippen LogP contribution in [0.1, 0.15) is 29.9 Å². The van der Waals surface area contributed by atoms with Gasteiger partial charge in [-0.2, -0.15) is 0 Å². The van der Waals surface area contributed by atoms with Gasteiger partial charge in [0.25, 0.3) is 21.5 Å². The van der Waals surface area contributed by atoms with Crippen LogP contribution in [-0.2, 0) is 21.8 Å². The Bertz CT molecular complexity index is 1370. The first-order valence-corrected chi connectivity index (χ1v) is 12.4. The smallest absolute Gasteiger partial charge is 0.296 e. The van der Waals surface area contributed by atoms with E-state index < -0.39 is 21.1 Å². The summed E-state index contributed by atoms with van der Waals surface area (Å²) in [5.74, 6) is -0.185. The molecule has 0 spiro atoms. The first kappa shape index (κ1) is 23.8. The van der Waals surface area contributed by atoms with Gasteiger partial charge in [0.2, 0.25) is 0 Å². The standard InChI is InChI=1S/C24H28N4O5S/c1-17-21(23(30)28(26(17)4)19-8-6-5-7-9-19)25-34(31,32)20-12-10-18(11-13-20)22(29)27-14-15-33-16-24(27,2)3/h5-13,25H,14-16H2,1-4H3. The van der Waals surface area contributed by atoms with Crippen molar-refractivity contribution in [1.29, 1.82) is 0 Å². The Labute approximate surface area is 198 Å². The Hall–Kier alpha value is -3.37. The SMILES string of the molecule is Cc1c(NS(=O)(=O)c2ccc(C(=O)N3CCOCC3(C)C)cc2)c(=O)n(-c2ccccc2)n1C. The first-order valence-electron chi connectivity index (χ1n) is 10.9. The summed E-state index contributed by atoms with van der Waals surface area (Å²) in [7, 11) is -2.37. The summed E-state index contributed by atoms with van der Waals surface area (Å²) in [5.41, 5.74) is 0.524. The lowest BCUT2D eigenvalue weighted by atomic mass is 10.0. The second-order valence-corrected chi connectivity index (χ2v) is 10.6. The molecule has 4 rings (SSSR count). The summed E-state index contributed by atoms with van der Waals surface area (Å²) in [5, 5.41) is 0. The number of anilines is 1. The highest BCUT2D eigenvalue weighted by molar-refractivity contribution is 7.92. The Morgan fingerprint density at radius 3 is 2.32 bits per heavy atom. The van der Waals surface area contributed by atoms with E-state index in [2.05, 4.69) is 4.72 Å². The van der Waals surface area contributed by atoms with E-state index in [-0.39, 0.29) is 16.5 Å². The van der Waals surface area contributed by atoms with Gasteiger partial charge in [-0.05, 0) is 57.2 Å². The molecule has 0 atom stereocenters. The predicted octanol–water partition coefficient (Wildman–Crippen LogP) is 2.54. The molecule has 1 fully saturated rings. The minimum absolute atomic E-state index is 0.0263. The molecule has 1 amide bonds. The number of rotatable bonds is 5. The summed E-state index contributed by atoms with van der Waals surface area (Å²) in [6.07, 6.45) is 0. The number of nitrogens with zero attached hydrogens (tertiary/aromatic N) is 3. The number of carbonyl (C=O) groups excluding carboxylic acids is 1. The molecule has 0 bridgehead atoms. The molecule has 9 nitrogen and oxygen atoms in total. The van der Waals surface area contributed by atoms with Crippen LogP contribution in [0.4, 0.5) is 5.69 Å². The summed E-state index contributed by atoms with van der Waals surface area (Å²) in [4.78, 5) is 27.7. The number of sulfonamides is 1. The molecule has 0 unspecified atom stereocenters. The van der Waals surface area contributed by atoms with Crippen LogP contribution in [0.15, 0.2) is 64.3 Å². The van der Waals surface area contributed by atoms with Gasteiger partial charge in [-0.3, -0.25) is 19.0 Å². The molecule has 1 aliphatic rings. The number of aromatic nitrogens is 2. The minimum atomic E-state index is -4.06. The summed E-state index contributed by atoms with van der Waals surface area (Å²) < 4.78 is 37.0. The van der Waals surface area contributed by atoms with Gasteiger partial charge in [-0.1, -0.05) is 18.2 Å². The zero-order valence-corrected chi connectivity index (χ0v) is 20.4. The number of benzene rings is 2. The third kappa shape index (κ3) is 4.26. The number of amides is 1. The largest absolute Gasteiger partial charge is 0.377 e. The molecule has 1 aromatic heterocycles. The highest BCUT2D eigenvalue weighted by atomic mass is 32.2. The molecule has 2 heterocycles. The molecular weight excluding hydrogens is 456 g/mol. The average molecular weight is 485 g/mol. The second kappa shape index (κ2) is 8.77. The quantitative estimate of drug-likeness (QED) is 0.600. The Kier molecular flexibility index (Phi) is 6.13. The van der Waals surface area contributed by atoms with Crippen molar-refractivity contribution in [3.8, 4) is 5.69 Å². The maximum atomic E-state index is 13.1. The Balaban J connectivity index is 1.61. The van der Waals surface area contributed by atoms with Crippen LogP contribution >= 0.6 is 0 Å². The van der Waals surface area contributed by atoms with Gasteiger partial charge in [0.15, 0.2) is 0 Å². The van der Waals surface area contributed by atoms with E-state index in [1.165, 1.54) is 28.9 Å². The molecule has 1 N–H and O–H groups in total. The lowest BCUT2D eigenvalue weighted by Gasteiger charge is -2.42. The fraction of sp³-hybridized carbons (Fsp3) is 0.333. The van der Waals surface area contributed by atoms with Crippen LogP contribution < -0.4 is 10.3 Å². The maximum absolute atomic E-state index is 13.1. The van der Waals surface area contributed by atoms with Crippen LogP contribution in [0.3, 0.4) is 0 Å². The molecular formula is C24H28N4O5S. The molecule has 2 aromatic carbocycles. The van der Waals surface area contributed by atoms with Crippen molar-refractivity contribution < 1.29 is 17.9 Å². The number of morpholine rings is 1. The van der Waals surface area contributed by atoms with Crippen molar-refractivity contribution in [2.24, 2.45) is 7.05 Å². The third-order valence-electron chi connectivity index (χ3n) is 6.09. The zero-order valence-electron chi connectivity index (χ0n) is 19.6. The van der Waals surface area contributed by atoms with Crippen molar-refractivity contribution >= 4 is 21.6 Å². The van der Waals surface area contributed by atoms with E-state index in [4.69, 9.17) is 4.74 Å². The van der Waals surface area contributed by atoms with E-state index in [9.17, 15) is 18.0 Å². The van der Waals surface area contributed by atoms with Crippen molar-refractivity contribution in [3.05, 3.63) is 76.2 Å². The van der Waals surface area contributed by atoms with Crippen LogP contribution in [0.2, 0.25) is 0 Å². The van der Waals surface area contributed by atoms with Crippen molar-refractivity contribution in [3.63, 3.8) is 0 Å². The molecule has 3 aromatic rings. The maximum Gasteiger partial charge on any atom is 0.296 e. The van der Waals surface area contributed by atoms with E-state index >= 15 is 0 Å². The highest BCUT2D eigenvalue weighted by Crippen LogP contribution is 2.23. The summed E-state index contributed by atoms with van der Waals surface area (Å²) in [6, 6.07) is 14.7. The average Bonchev–Trinajstić information content (AvgIpc) is 3.02. The van der Waals surface area contributed by atoms with Gasteiger partial charge in [0.1, 0.15) is 5.69 Å². The van der Waals surface area contributed by atoms with Crippen LogP contribution in [0, 0.1) is 6.92 Å². The molecule has 10 heteroatoms. The lowest BCUT2D eigenvalue weighted by Crippen LogP contribution is -2.55. The van der Waals surface area contributed by atoms with E-state index in [0.29, 0.717) is 36.7 Å². The number of hydrogen-bond acceptors (Lipinski definition) is 5. The molecule has 1 saturated heterocycles. The molecule has 180 valence electrons. The molecule has 0 aliphatic carbocycles. The summed E-state index contributed by atoms with van der Waals surface area (Å²) in [6.45, 7) is 6.89. The van der Waals surface area contributed by atoms with Crippen LogP contribution in [-0.4, -0.2) is 53.9 Å². The predicted molar refractivity (Wildman–Crippen MR) is 129 cm³/mol. The third-order valence-corrected chi connectivity index (χ3v) is 7.46. The molecule has 1 aliphatic heterocycles. The van der Waals surface area contributed by atoms with Gasteiger partial charge in [-0.15, -0.1) is 0 Å². The van der Waals surface area contributed by atoms with Crippen molar-refractivity contribution in [1.82, 2.24) is 14.3 Å². The monoisotopic (exact) mass is 484 g/mol. The molecule has 34 heavy (non-hydrogen) atoms. The van der Waals surface area contributed by atoms with Gasteiger partial charge in [-0.25, -0.2) is 13.1 Å². The van der Waals surface area contributed by atoms with Crippen molar-refractivity contribution in [2.75, 3.05) is 24.5 Å². The first-order chi connectivity index (χ1) is 16.0. The Morgan fingerprint density at radius 2 is 1.71 bits per heavy atom. The minimum Gasteiger partial charge on any atom is -0.377 e. The van der Waals surface area contributed by atoms with Gasteiger partial charge in [0, 0.05) is 19.2 Å². The topological polar surface area (TPSA) is 103 Å². The van der Waals surface area contributed by atoms with Gasteiger partial charge >= 0.3 is 0 Å². The molecule has 0 saturated carbocycles. The zero-order chi connectivity index (χ0) is 24.7.